The van der Waals surface area contributed by atoms with Crippen LogP contribution in [0, 0.1) is 19.7 Å². The molecule has 0 aliphatic heterocycles. The second kappa shape index (κ2) is 5.18. The van der Waals surface area contributed by atoms with Gasteiger partial charge < -0.3 is 0 Å². The summed E-state index contributed by atoms with van der Waals surface area (Å²) in [7, 11) is -0.282. The monoisotopic (exact) mass is 227 g/mol. The lowest BCUT2D eigenvalue weighted by Crippen LogP contribution is -2.20. The lowest BCUT2D eigenvalue weighted by molar-refractivity contribution is 0.628. The molecular weight excluding hydrogens is 210 g/mol. The minimum Gasteiger partial charge on any atom is -0.211 e. The Balaban J connectivity index is 2.07. The van der Waals surface area contributed by atoms with Crippen LogP contribution in [-0.2, 0) is 6.32 Å². The smallest absolute Gasteiger partial charge is 0.120 e. The second-order valence-corrected chi connectivity index (χ2v) is 4.92. The Morgan fingerprint density at radius 3 is 2.41 bits per heavy atom. The highest BCUT2D eigenvalue weighted by atomic mass is 19.1. The predicted octanol–water partition coefficient (Wildman–Crippen LogP) is 2.44. The molecular formula is C15H17BF-. The van der Waals surface area contributed by atoms with E-state index in [9.17, 15) is 4.39 Å². The quantitative estimate of drug-likeness (QED) is 0.706. The number of rotatable bonds is 3. The zero-order valence-corrected chi connectivity index (χ0v) is 10.6. The fourth-order valence-corrected chi connectivity index (χ4v) is 2.30. The summed E-state index contributed by atoms with van der Waals surface area (Å²) < 4.78 is 13.1. The van der Waals surface area contributed by atoms with Crippen molar-refractivity contribution < 1.29 is 4.39 Å². The normalized spacial score (nSPS) is 10.5. The minimum atomic E-state index is -0.282. The van der Waals surface area contributed by atoms with Crippen LogP contribution >= 0.6 is 0 Å². The van der Waals surface area contributed by atoms with Crippen LogP contribution in [0.3, 0.4) is 0 Å². The van der Waals surface area contributed by atoms with Gasteiger partial charge in [-0.15, -0.1) is 0 Å². The SMILES string of the molecule is Cc1ccc(C[BH2-]c2cc(F)ccc2C)cc1. The summed E-state index contributed by atoms with van der Waals surface area (Å²) in [4.78, 5) is 0. The molecule has 0 radical (unpaired) electrons. The van der Waals surface area contributed by atoms with Crippen molar-refractivity contribution in [1.29, 1.82) is 0 Å². The molecule has 88 valence electrons. The van der Waals surface area contributed by atoms with Gasteiger partial charge in [-0.3, -0.25) is 0 Å². The van der Waals surface area contributed by atoms with Crippen LogP contribution in [0.2, 0.25) is 0 Å². The topological polar surface area (TPSA) is 0 Å². The average molecular weight is 227 g/mol. The van der Waals surface area contributed by atoms with Crippen LogP contribution in [0.5, 0.6) is 0 Å². The average Bonchev–Trinajstić information content (AvgIpc) is 2.32. The van der Waals surface area contributed by atoms with Crippen molar-refractivity contribution in [2.45, 2.75) is 20.2 Å². The first kappa shape index (κ1) is 11.9. The van der Waals surface area contributed by atoms with Crippen molar-refractivity contribution >= 4 is 12.7 Å². The van der Waals surface area contributed by atoms with Gasteiger partial charge in [-0.1, -0.05) is 53.1 Å². The molecule has 0 spiro atoms. The van der Waals surface area contributed by atoms with Gasteiger partial charge in [-0.25, -0.2) is 9.85 Å². The van der Waals surface area contributed by atoms with Crippen LogP contribution in [-0.4, -0.2) is 7.28 Å². The maximum absolute atomic E-state index is 13.1. The van der Waals surface area contributed by atoms with E-state index < -0.39 is 0 Å². The molecule has 0 saturated heterocycles. The predicted molar refractivity (Wildman–Crippen MR) is 74.2 cm³/mol. The number of hydrogen-bond acceptors (Lipinski definition) is 0. The molecule has 0 aliphatic rings. The van der Waals surface area contributed by atoms with E-state index in [4.69, 9.17) is 0 Å². The molecule has 0 nitrogen and oxygen atoms in total. The fourth-order valence-electron chi connectivity index (χ4n) is 2.30. The standard InChI is InChI=1S/C15H17BF/c1-11-3-6-13(7-4-11)10-16-15-9-14(17)8-5-12(15)2/h3-9H,10,16H2,1-2H3/q-1. The van der Waals surface area contributed by atoms with Crippen LogP contribution in [0.25, 0.3) is 0 Å². The molecule has 0 saturated carbocycles. The highest BCUT2D eigenvalue weighted by molar-refractivity contribution is 6.53. The van der Waals surface area contributed by atoms with Crippen LogP contribution < -0.4 is 5.46 Å². The Labute approximate surface area is 103 Å². The van der Waals surface area contributed by atoms with E-state index in [2.05, 4.69) is 38.1 Å². The van der Waals surface area contributed by atoms with Crippen LogP contribution in [0.15, 0.2) is 42.5 Å². The van der Waals surface area contributed by atoms with E-state index >= 15 is 0 Å². The van der Waals surface area contributed by atoms with E-state index in [1.807, 2.05) is 6.07 Å². The molecule has 17 heavy (non-hydrogen) atoms. The van der Waals surface area contributed by atoms with Crippen molar-refractivity contribution in [2.75, 3.05) is 0 Å². The Morgan fingerprint density at radius 1 is 1.00 bits per heavy atom. The molecule has 2 aromatic rings. The number of halogens is 1. The zero-order valence-electron chi connectivity index (χ0n) is 10.6. The van der Waals surface area contributed by atoms with E-state index in [1.54, 1.807) is 6.07 Å². The first-order valence-corrected chi connectivity index (χ1v) is 6.31. The molecule has 0 aromatic heterocycles. The van der Waals surface area contributed by atoms with E-state index in [0.717, 1.165) is 6.32 Å². The number of aryl methyl sites for hydroxylation is 2. The largest absolute Gasteiger partial charge is 0.211 e. The van der Waals surface area contributed by atoms with Gasteiger partial charge in [-0.2, -0.15) is 6.32 Å². The molecule has 2 heteroatoms. The summed E-state index contributed by atoms with van der Waals surface area (Å²) in [6.45, 7) is 4.16. The van der Waals surface area contributed by atoms with Gasteiger partial charge in [0.05, 0.1) is 0 Å². The van der Waals surface area contributed by atoms with E-state index in [-0.39, 0.29) is 13.1 Å². The Morgan fingerprint density at radius 2 is 1.71 bits per heavy atom. The van der Waals surface area contributed by atoms with E-state index in [0.29, 0.717) is 0 Å². The lowest BCUT2D eigenvalue weighted by Gasteiger charge is -2.12. The Hall–Kier alpha value is -1.57. The number of benzene rings is 2. The molecule has 0 amide bonds. The van der Waals surface area contributed by atoms with Crippen LogP contribution in [0.4, 0.5) is 4.39 Å². The first-order chi connectivity index (χ1) is 8.15. The maximum Gasteiger partial charge on any atom is 0.120 e. The highest BCUT2D eigenvalue weighted by Gasteiger charge is 1.96. The summed E-state index contributed by atoms with van der Waals surface area (Å²) in [5.41, 5.74) is 5.10. The molecule has 0 N–H and O–H groups in total. The molecule has 0 atom stereocenters. The van der Waals surface area contributed by atoms with Crippen molar-refractivity contribution in [3.8, 4) is 0 Å². The summed E-state index contributed by atoms with van der Waals surface area (Å²) in [5, 5.41) is 0. The van der Waals surface area contributed by atoms with Crippen molar-refractivity contribution in [2.24, 2.45) is 0 Å². The van der Waals surface area contributed by atoms with Crippen molar-refractivity contribution in [3.63, 3.8) is 0 Å². The zero-order chi connectivity index (χ0) is 12.3. The molecule has 0 fully saturated rings. The third-order valence-electron chi connectivity index (χ3n) is 3.56. The second-order valence-electron chi connectivity index (χ2n) is 4.92. The van der Waals surface area contributed by atoms with Gasteiger partial charge in [0.2, 0.25) is 0 Å². The van der Waals surface area contributed by atoms with Crippen molar-refractivity contribution in [3.05, 3.63) is 65.0 Å². The third-order valence-corrected chi connectivity index (χ3v) is 3.56. The molecule has 2 aromatic carbocycles. The van der Waals surface area contributed by atoms with Gasteiger partial charge in [0, 0.05) is 7.28 Å². The summed E-state index contributed by atoms with van der Waals surface area (Å²) in [5.74, 6) is -0.113. The lowest BCUT2D eigenvalue weighted by atomic mass is 9.64. The van der Waals surface area contributed by atoms with Gasteiger partial charge in [-0.05, 0) is 19.9 Å². The molecule has 2 rings (SSSR count). The Kier molecular flexibility index (Phi) is 3.63. The van der Waals surface area contributed by atoms with Crippen LogP contribution in [0.1, 0.15) is 16.7 Å². The number of hydrogen-bond donors (Lipinski definition) is 0. The van der Waals surface area contributed by atoms with Gasteiger partial charge in [0.1, 0.15) is 5.82 Å². The first-order valence-electron chi connectivity index (χ1n) is 6.31. The summed E-state index contributed by atoms with van der Waals surface area (Å²) in [6, 6.07) is 13.7. The van der Waals surface area contributed by atoms with Gasteiger partial charge >= 0.3 is 0 Å². The molecule has 0 heterocycles. The maximum atomic E-state index is 13.1. The van der Waals surface area contributed by atoms with Crippen molar-refractivity contribution in [1.82, 2.24) is 0 Å². The van der Waals surface area contributed by atoms with Gasteiger partial charge in [0.15, 0.2) is 0 Å². The molecule has 0 unspecified atom stereocenters. The summed E-state index contributed by atoms with van der Waals surface area (Å²) >= 11 is 0. The highest BCUT2D eigenvalue weighted by Crippen LogP contribution is 2.04. The van der Waals surface area contributed by atoms with Gasteiger partial charge in [0.25, 0.3) is 0 Å². The fraction of sp³-hybridized carbons (Fsp3) is 0.200. The molecule has 0 aliphatic carbocycles. The Bertz CT molecular complexity index is 503. The summed E-state index contributed by atoms with van der Waals surface area (Å²) in [6.07, 6.45) is 1.09. The third kappa shape index (κ3) is 3.19. The molecule has 0 bridgehead atoms. The minimum absolute atomic E-state index is 0.113. The van der Waals surface area contributed by atoms with E-state index in [1.165, 1.54) is 28.2 Å².